The quantitative estimate of drug-likeness (QED) is 0.131. The highest BCUT2D eigenvalue weighted by molar-refractivity contribution is 6.36. The van der Waals surface area contributed by atoms with E-state index in [4.69, 9.17) is 32.7 Å². The summed E-state index contributed by atoms with van der Waals surface area (Å²) >= 11 is 12.7. The molecular weight excluding hydrogens is 749 g/mol. The van der Waals surface area contributed by atoms with Crippen molar-refractivity contribution in [3.05, 3.63) is 123 Å². The van der Waals surface area contributed by atoms with Crippen LogP contribution in [-0.2, 0) is 24.6 Å². The van der Waals surface area contributed by atoms with Gasteiger partial charge in [-0.2, -0.15) is 5.01 Å². The normalized spacial score (nSPS) is 25.6. The summed E-state index contributed by atoms with van der Waals surface area (Å²) in [4.78, 5) is 72.0. The molecule has 1 saturated carbocycles. The smallest absolute Gasteiger partial charge is 0.335 e. The van der Waals surface area contributed by atoms with Crippen LogP contribution in [0, 0.1) is 23.7 Å². The van der Waals surface area contributed by atoms with Gasteiger partial charge in [-0.15, -0.1) is 0 Å². The maximum Gasteiger partial charge on any atom is 0.335 e. The summed E-state index contributed by atoms with van der Waals surface area (Å²) in [5.74, 6) is -7.22. The van der Waals surface area contributed by atoms with Crippen LogP contribution in [-0.4, -0.2) is 59.0 Å². The van der Waals surface area contributed by atoms with Gasteiger partial charge in [0.2, 0.25) is 11.8 Å². The van der Waals surface area contributed by atoms with Gasteiger partial charge in [-0.1, -0.05) is 59.1 Å². The predicted molar refractivity (Wildman–Crippen MR) is 201 cm³/mol. The fourth-order valence-electron chi connectivity index (χ4n) is 9.16. The van der Waals surface area contributed by atoms with Gasteiger partial charge in [-0.3, -0.25) is 29.5 Å². The molecule has 3 fully saturated rings. The number of amides is 4. The van der Waals surface area contributed by atoms with Crippen LogP contribution in [0.3, 0.4) is 0 Å². The largest absolute Gasteiger partial charge is 0.508 e. The number of aromatic carboxylic acids is 1. The summed E-state index contributed by atoms with van der Waals surface area (Å²) in [5.41, 5.74) is 3.24. The number of hydrogen-bond donors (Lipinski definition) is 3. The molecule has 12 nitrogen and oxygen atoms in total. The number of carbonyl (C=O) groups is 5. The van der Waals surface area contributed by atoms with Crippen LogP contribution >= 0.6 is 23.2 Å². The zero-order valence-corrected chi connectivity index (χ0v) is 30.9. The number of nitrogens with zero attached hydrogens (tertiary/aromatic N) is 2. The lowest BCUT2D eigenvalue weighted by molar-refractivity contribution is -0.138. The Morgan fingerprint density at radius 1 is 0.873 bits per heavy atom. The molecule has 55 heavy (non-hydrogen) atoms. The third-order valence-electron chi connectivity index (χ3n) is 11.5. The first-order chi connectivity index (χ1) is 26.4. The standard InChI is InChI=1S/C41H33Cl2N3O9/c1-54-25-10-6-21(7-11-25)41-30(37(49)46(40(41)53)44-32-15-8-22(42)17-31(32)43)19-29-26(35(41)27-12-9-24(47)18-33(27)55-2)13-14-28-34(29)38(50)45(36(28)48)23-5-3-4-20(16-23)39(51)52/h3-13,15-18,28-30,34-35,44,47H,14,19H2,1-2H3,(H,51,52)/t28-,29+,30-,34-,35+,41+/m0/s1. The summed E-state index contributed by atoms with van der Waals surface area (Å²) in [6.45, 7) is 0. The molecule has 0 aromatic heterocycles. The summed E-state index contributed by atoms with van der Waals surface area (Å²) in [6, 6.07) is 21.7. The van der Waals surface area contributed by atoms with E-state index in [2.05, 4.69) is 5.43 Å². The Hall–Kier alpha value is -5.85. The van der Waals surface area contributed by atoms with Crippen molar-refractivity contribution >= 4 is 64.2 Å². The second-order valence-electron chi connectivity index (χ2n) is 14.0. The summed E-state index contributed by atoms with van der Waals surface area (Å²) in [6.07, 6.45) is 2.03. The zero-order chi connectivity index (χ0) is 38.9. The van der Waals surface area contributed by atoms with Crippen molar-refractivity contribution in [3.63, 3.8) is 0 Å². The van der Waals surface area contributed by atoms with E-state index in [9.17, 15) is 29.4 Å². The highest BCUT2D eigenvalue weighted by Gasteiger charge is 2.70. The van der Waals surface area contributed by atoms with Gasteiger partial charge in [0.1, 0.15) is 17.2 Å². The van der Waals surface area contributed by atoms with Crippen molar-refractivity contribution in [2.24, 2.45) is 23.7 Å². The Morgan fingerprint density at radius 3 is 2.33 bits per heavy atom. The second-order valence-corrected chi connectivity index (χ2v) is 14.8. The monoisotopic (exact) mass is 781 g/mol. The van der Waals surface area contributed by atoms with E-state index < -0.39 is 64.6 Å². The molecule has 280 valence electrons. The molecule has 4 aromatic carbocycles. The maximum atomic E-state index is 15.5. The molecule has 2 aliphatic heterocycles. The highest BCUT2D eigenvalue weighted by Crippen LogP contribution is 2.65. The van der Waals surface area contributed by atoms with Gasteiger partial charge in [0.05, 0.1) is 59.3 Å². The number of ether oxygens (including phenoxy) is 2. The average molecular weight is 783 g/mol. The van der Waals surface area contributed by atoms with Crippen LogP contribution in [0.1, 0.15) is 40.2 Å². The Kier molecular flexibility index (Phi) is 8.85. The Balaban J connectivity index is 1.34. The van der Waals surface area contributed by atoms with Crippen LogP contribution in [0.25, 0.3) is 0 Å². The minimum atomic E-state index is -1.64. The van der Waals surface area contributed by atoms with Gasteiger partial charge in [0, 0.05) is 22.6 Å². The number of imide groups is 2. The molecule has 6 atom stereocenters. The average Bonchev–Trinajstić information content (AvgIpc) is 3.56. The molecule has 2 aliphatic carbocycles. The van der Waals surface area contributed by atoms with Crippen LogP contribution in [0.2, 0.25) is 10.0 Å². The molecule has 8 rings (SSSR count). The Labute approximate surface area is 324 Å². The molecule has 3 N–H and O–H groups in total. The minimum absolute atomic E-state index is 0.00899. The van der Waals surface area contributed by atoms with E-state index in [-0.39, 0.29) is 46.3 Å². The number of aromatic hydroxyl groups is 1. The number of anilines is 2. The number of phenols is 1. The van der Waals surface area contributed by atoms with E-state index >= 15 is 4.79 Å². The summed E-state index contributed by atoms with van der Waals surface area (Å²) in [7, 11) is 2.95. The molecule has 2 heterocycles. The lowest BCUT2D eigenvalue weighted by Gasteiger charge is -2.50. The molecular formula is C41H33Cl2N3O9. The number of hydrazine groups is 1. The Bertz CT molecular complexity index is 2350. The number of fused-ring (bicyclic) bond motifs is 4. The number of benzene rings is 4. The van der Waals surface area contributed by atoms with E-state index in [0.717, 1.165) is 9.91 Å². The first kappa shape index (κ1) is 36.1. The maximum absolute atomic E-state index is 15.5. The topological polar surface area (TPSA) is 163 Å². The number of hydrogen-bond acceptors (Lipinski definition) is 9. The molecule has 0 spiro atoms. The number of rotatable bonds is 8. The number of methoxy groups -OCH3 is 2. The van der Waals surface area contributed by atoms with Crippen molar-refractivity contribution in [2.75, 3.05) is 24.5 Å². The molecule has 0 unspecified atom stereocenters. The van der Waals surface area contributed by atoms with Crippen molar-refractivity contribution in [3.8, 4) is 17.2 Å². The van der Waals surface area contributed by atoms with Crippen LogP contribution in [0.5, 0.6) is 17.2 Å². The third kappa shape index (κ3) is 5.45. The van der Waals surface area contributed by atoms with Crippen molar-refractivity contribution in [2.45, 2.75) is 24.2 Å². The molecule has 4 amide bonds. The van der Waals surface area contributed by atoms with Crippen molar-refractivity contribution in [1.82, 2.24) is 5.01 Å². The van der Waals surface area contributed by atoms with Gasteiger partial charge in [-0.05, 0) is 78.9 Å². The van der Waals surface area contributed by atoms with Crippen molar-refractivity contribution in [1.29, 1.82) is 0 Å². The first-order valence-electron chi connectivity index (χ1n) is 17.4. The number of halogens is 2. The lowest BCUT2D eigenvalue weighted by Crippen LogP contribution is -2.53. The summed E-state index contributed by atoms with van der Waals surface area (Å²) < 4.78 is 11.3. The molecule has 14 heteroatoms. The van der Waals surface area contributed by atoms with Gasteiger partial charge in [-0.25, -0.2) is 4.79 Å². The SMILES string of the molecule is COc1ccc([C@@]23C(=O)N(Nc4ccc(Cl)cc4Cl)C(=O)[C@@H]2C[C@@H]2C(=CC[C@@H]4C(=O)N(c5cccc(C(=O)O)c5)C(=O)[C@@H]42)[C@@H]3c2ccc(O)cc2OC)cc1. The third-order valence-corrected chi connectivity index (χ3v) is 12.0. The fourth-order valence-corrected chi connectivity index (χ4v) is 9.61. The number of nitrogens with one attached hydrogen (secondary N) is 1. The zero-order valence-electron chi connectivity index (χ0n) is 29.4. The lowest BCUT2D eigenvalue weighted by atomic mass is 9.49. The predicted octanol–water partition coefficient (Wildman–Crippen LogP) is 6.60. The fraction of sp³-hybridized carbons (Fsp3) is 0.244. The molecule has 0 radical (unpaired) electrons. The van der Waals surface area contributed by atoms with Crippen LogP contribution in [0.15, 0.2) is 96.6 Å². The van der Waals surface area contributed by atoms with Crippen molar-refractivity contribution < 1.29 is 43.7 Å². The van der Waals surface area contributed by atoms with Gasteiger partial charge < -0.3 is 19.7 Å². The number of carboxylic acid groups (broad SMARTS) is 1. The number of carboxylic acids is 1. The van der Waals surface area contributed by atoms with E-state index in [0.29, 0.717) is 27.5 Å². The second kappa shape index (κ2) is 13.5. The molecule has 4 aromatic rings. The van der Waals surface area contributed by atoms with E-state index in [1.54, 1.807) is 42.5 Å². The van der Waals surface area contributed by atoms with Gasteiger partial charge >= 0.3 is 5.97 Å². The highest BCUT2D eigenvalue weighted by atomic mass is 35.5. The molecule has 2 saturated heterocycles. The summed E-state index contributed by atoms with van der Waals surface area (Å²) in [5, 5.41) is 21.7. The van der Waals surface area contributed by atoms with Gasteiger partial charge in [0.25, 0.3) is 11.8 Å². The minimum Gasteiger partial charge on any atom is -0.508 e. The Morgan fingerprint density at radius 2 is 1.64 bits per heavy atom. The van der Waals surface area contributed by atoms with E-state index in [1.807, 2.05) is 6.08 Å². The van der Waals surface area contributed by atoms with Crippen LogP contribution < -0.4 is 19.8 Å². The van der Waals surface area contributed by atoms with Gasteiger partial charge in [0.15, 0.2) is 0 Å². The van der Waals surface area contributed by atoms with Crippen LogP contribution in [0.4, 0.5) is 11.4 Å². The first-order valence-corrected chi connectivity index (χ1v) is 18.2. The number of allylic oxidation sites excluding steroid dienone is 2. The molecule has 4 aliphatic rings. The number of carbonyl (C=O) groups excluding carboxylic acids is 4. The van der Waals surface area contributed by atoms with E-state index in [1.165, 1.54) is 56.7 Å². The molecule has 0 bridgehead atoms. The number of phenolic OH excluding ortho intramolecular Hbond substituents is 1.